The minimum Gasteiger partial charge on any atom is -0.477 e. The average Bonchev–Trinajstić information content (AvgIpc) is 3.02. The van der Waals surface area contributed by atoms with Crippen molar-refractivity contribution in [2.24, 2.45) is 0 Å². The number of rotatable bonds is 7. The van der Waals surface area contributed by atoms with Crippen molar-refractivity contribution in [3.63, 3.8) is 0 Å². The molecule has 0 atom stereocenters. The molecule has 0 radical (unpaired) electrons. The van der Waals surface area contributed by atoms with Gasteiger partial charge in [-0.25, -0.2) is 4.79 Å². The first kappa shape index (κ1) is 17.9. The van der Waals surface area contributed by atoms with Crippen LogP contribution < -0.4 is 5.32 Å². The third kappa shape index (κ3) is 4.76. The van der Waals surface area contributed by atoms with Crippen LogP contribution in [0.15, 0.2) is 30.3 Å². The molecule has 5 nitrogen and oxygen atoms in total. The van der Waals surface area contributed by atoms with Crippen LogP contribution in [-0.2, 0) is 11.3 Å². The van der Waals surface area contributed by atoms with Crippen molar-refractivity contribution in [2.45, 2.75) is 33.2 Å². The summed E-state index contributed by atoms with van der Waals surface area (Å²) in [6.45, 7) is 4.08. The molecule has 126 valence electrons. The van der Waals surface area contributed by atoms with E-state index in [0.717, 1.165) is 27.3 Å². The minimum atomic E-state index is -0.975. The van der Waals surface area contributed by atoms with Crippen molar-refractivity contribution < 1.29 is 19.5 Å². The van der Waals surface area contributed by atoms with Crippen molar-refractivity contribution >= 4 is 29.0 Å². The van der Waals surface area contributed by atoms with Gasteiger partial charge < -0.3 is 10.4 Å². The first-order valence-electron chi connectivity index (χ1n) is 7.56. The minimum absolute atomic E-state index is 0.0457. The lowest BCUT2D eigenvalue weighted by molar-refractivity contribution is -0.121. The van der Waals surface area contributed by atoms with Crippen molar-refractivity contribution in [3.8, 4) is 0 Å². The summed E-state index contributed by atoms with van der Waals surface area (Å²) in [5, 5.41) is 11.6. The maximum atomic E-state index is 12.2. The van der Waals surface area contributed by atoms with Gasteiger partial charge in [0.2, 0.25) is 5.91 Å². The maximum absolute atomic E-state index is 12.2. The smallest absolute Gasteiger partial charge is 0.345 e. The van der Waals surface area contributed by atoms with Crippen molar-refractivity contribution in [2.75, 3.05) is 0 Å². The standard InChI is InChI=1S/C18H19NO4S/c1-11-3-4-12(2)14(9-11)15(20)6-8-17(21)19-10-13-5-7-16(24-13)18(22)23/h3-5,7,9H,6,8,10H2,1-2H3,(H,19,21)(H,22,23). The Kier molecular flexibility index (Phi) is 5.87. The molecule has 0 fully saturated rings. The molecular weight excluding hydrogens is 326 g/mol. The van der Waals surface area contributed by atoms with Crippen LogP contribution in [0.5, 0.6) is 0 Å². The topological polar surface area (TPSA) is 83.5 Å². The number of carboxylic acid groups (broad SMARTS) is 1. The molecule has 0 aliphatic carbocycles. The van der Waals surface area contributed by atoms with E-state index >= 15 is 0 Å². The zero-order valence-electron chi connectivity index (χ0n) is 13.6. The number of nitrogens with one attached hydrogen (secondary N) is 1. The lowest BCUT2D eigenvalue weighted by atomic mass is 9.99. The number of aromatic carboxylic acids is 1. The lowest BCUT2D eigenvalue weighted by Gasteiger charge is -2.07. The van der Waals surface area contributed by atoms with E-state index in [9.17, 15) is 14.4 Å². The van der Waals surface area contributed by atoms with Gasteiger partial charge in [0, 0.05) is 23.3 Å². The molecule has 24 heavy (non-hydrogen) atoms. The van der Waals surface area contributed by atoms with E-state index in [1.807, 2.05) is 32.0 Å². The van der Waals surface area contributed by atoms with Crippen molar-refractivity contribution in [1.29, 1.82) is 0 Å². The van der Waals surface area contributed by atoms with Crippen LogP contribution in [0, 0.1) is 13.8 Å². The highest BCUT2D eigenvalue weighted by molar-refractivity contribution is 7.13. The van der Waals surface area contributed by atoms with Crippen LogP contribution in [0.1, 0.15) is 48.9 Å². The van der Waals surface area contributed by atoms with Gasteiger partial charge in [-0.15, -0.1) is 11.3 Å². The second-order valence-electron chi connectivity index (χ2n) is 5.59. The highest BCUT2D eigenvalue weighted by atomic mass is 32.1. The van der Waals surface area contributed by atoms with Gasteiger partial charge in [0.25, 0.3) is 0 Å². The zero-order valence-corrected chi connectivity index (χ0v) is 14.4. The first-order chi connectivity index (χ1) is 11.4. The van der Waals surface area contributed by atoms with Crippen LogP contribution in [0.2, 0.25) is 0 Å². The van der Waals surface area contributed by atoms with Crippen LogP contribution >= 0.6 is 11.3 Å². The summed E-state index contributed by atoms with van der Waals surface area (Å²) in [6, 6.07) is 8.88. The van der Waals surface area contributed by atoms with Crippen LogP contribution in [-0.4, -0.2) is 22.8 Å². The average molecular weight is 345 g/mol. The van der Waals surface area contributed by atoms with E-state index in [0.29, 0.717) is 5.56 Å². The molecule has 2 aromatic rings. The second kappa shape index (κ2) is 7.88. The van der Waals surface area contributed by atoms with Gasteiger partial charge in [-0.2, -0.15) is 0 Å². The highest BCUT2D eigenvalue weighted by Crippen LogP contribution is 2.16. The number of aryl methyl sites for hydroxylation is 2. The van der Waals surface area contributed by atoms with E-state index < -0.39 is 5.97 Å². The number of hydrogen-bond acceptors (Lipinski definition) is 4. The molecule has 0 spiro atoms. The molecule has 1 aromatic carbocycles. The van der Waals surface area contributed by atoms with Gasteiger partial charge >= 0.3 is 5.97 Å². The molecule has 1 amide bonds. The van der Waals surface area contributed by atoms with Gasteiger partial charge in [-0.3, -0.25) is 9.59 Å². The summed E-state index contributed by atoms with van der Waals surface area (Å²) in [5.74, 6) is -1.24. The molecule has 2 N–H and O–H groups in total. The Morgan fingerprint density at radius 2 is 1.83 bits per heavy atom. The number of thiophene rings is 1. The van der Waals surface area contributed by atoms with Crippen LogP contribution in [0.4, 0.5) is 0 Å². The molecule has 1 aromatic heterocycles. The van der Waals surface area contributed by atoms with E-state index in [1.165, 1.54) is 6.07 Å². The van der Waals surface area contributed by atoms with E-state index in [1.54, 1.807) is 6.07 Å². The predicted octanol–water partition coefficient (Wildman–Crippen LogP) is 3.34. The van der Waals surface area contributed by atoms with Crippen LogP contribution in [0.3, 0.4) is 0 Å². The van der Waals surface area contributed by atoms with Gasteiger partial charge in [-0.1, -0.05) is 17.7 Å². The zero-order chi connectivity index (χ0) is 17.7. The summed E-state index contributed by atoms with van der Waals surface area (Å²) in [5.41, 5.74) is 2.58. The molecule has 0 unspecified atom stereocenters. The third-order valence-corrected chi connectivity index (χ3v) is 4.68. The second-order valence-corrected chi connectivity index (χ2v) is 6.76. The number of benzene rings is 1. The molecule has 6 heteroatoms. The Labute approximate surface area is 144 Å². The van der Waals surface area contributed by atoms with Gasteiger partial charge in [0.05, 0.1) is 6.54 Å². The Morgan fingerprint density at radius 3 is 2.50 bits per heavy atom. The van der Waals surface area contributed by atoms with E-state index in [2.05, 4.69) is 5.32 Å². The quantitative estimate of drug-likeness (QED) is 0.754. The fourth-order valence-corrected chi connectivity index (χ4v) is 3.05. The highest BCUT2D eigenvalue weighted by Gasteiger charge is 2.12. The first-order valence-corrected chi connectivity index (χ1v) is 8.37. The molecule has 0 aliphatic rings. The van der Waals surface area contributed by atoms with Gasteiger partial charge in [-0.05, 0) is 37.6 Å². The Hall–Kier alpha value is -2.47. The Bertz CT molecular complexity index is 779. The number of carbonyl (C=O) groups excluding carboxylic acids is 2. The van der Waals surface area contributed by atoms with E-state index in [4.69, 9.17) is 5.11 Å². The summed E-state index contributed by atoms with van der Waals surface area (Å²) in [7, 11) is 0. The molecule has 0 saturated carbocycles. The number of ketones is 1. The molecule has 1 heterocycles. The summed E-state index contributed by atoms with van der Waals surface area (Å²) in [6.07, 6.45) is 0.268. The molecule has 0 aliphatic heterocycles. The predicted molar refractivity (Wildman–Crippen MR) is 92.6 cm³/mol. The molecule has 2 rings (SSSR count). The Balaban J connectivity index is 1.83. The summed E-state index contributed by atoms with van der Waals surface area (Å²) < 4.78 is 0. The van der Waals surface area contributed by atoms with Crippen LogP contribution in [0.25, 0.3) is 0 Å². The van der Waals surface area contributed by atoms with E-state index in [-0.39, 0.29) is 36.0 Å². The maximum Gasteiger partial charge on any atom is 0.345 e. The lowest BCUT2D eigenvalue weighted by Crippen LogP contribution is -2.22. The van der Waals surface area contributed by atoms with Crippen molar-refractivity contribution in [3.05, 3.63) is 56.8 Å². The number of amides is 1. The number of carboxylic acids is 1. The van der Waals surface area contributed by atoms with Gasteiger partial charge in [0.15, 0.2) is 5.78 Å². The van der Waals surface area contributed by atoms with Gasteiger partial charge in [0.1, 0.15) is 4.88 Å². The molecule has 0 bridgehead atoms. The molecular formula is C18H19NO4S. The van der Waals surface area contributed by atoms with Crippen molar-refractivity contribution in [1.82, 2.24) is 5.32 Å². The number of Topliss-reactive ketones (excluding diaryl/α,β-unsaturated/α-hetero) is 1. The summed E-state index contributed by atoms with van der Waals surface area (Å²) in [4.78, 5) is 35.9. The monoisotopic (exact) mass is 345 g/mol. The fraction of sp³-hybridized carbons (Fsp3) is 0.278. The normalized spacial score (nSPS) is 10.4. The largest absolute Gasteiger partial charge is 0.477 e. The SMILES string of the molecule is Cc1ccc(C)c(C(=O)CCC(=O)NCc2ccc(C(=O)O)s2)c1. The number of hydrogen-bond donors (Lipinski definition) is 2. The summed E-state index contributed by atoms with van der Waals surface area (Å²) >= 11 is 1.13. The Morgan fingerprint density at radius 1 is 1.08 bits per heavy atom. The fourth-order valence-electron chi connectivity index (χ4n) is 2.26. The third-order valence-electron chi connectivity index (χ3n) is 3.60. The molecule has 0 saturated heterocycles. The number of carbonyl (C=O) groups is 3.